The zero-order valence-electron chi connectivity index (χ0n) is 11.8. The normalized spacial score (nSPS) is 24.3. The first kappa shape index (κ1) is 13.0. The van der Waals surface area contributed by atoms with E-state index in [-0.39, 0.29) is 5.54 Å². The molecule has 0 aliphatic carbocycles. The molecule has 2 aliphatic rings. The SMILES string of the molecule is CCN1CCC(CN)(N2CCn3cnnc3C2)CC1. The first-order valence-corrected chi connectivity index (χ1v) is 7.31. The minimum Gasteiger partial charge on any atom is -0.329 e. The highest BCUT2D eigenvalue weighted by atomic mass is 15.3. The molecule has 1 aromatic rings. The maximum Gasteiger partial charge on any atom is 0.147 e. The number of fused-ring (bicyclic) bond motifs is 1. The van der Waals surface area contributed by atoms with Gasteiger partial charge in [0.05, 0.1) is 6.54 Å². The molecule has 0 spiro atoms. The van der Waals surface area contributed by atoms with Crippen molar-refractivity contribution in [3.63, 3.8) is 0 Å². The Bertz CT molecular complexity index is 421. The molecular formula is C13H24N6. The van der Waals surface area contributed by atoms with Crippen molar-refractivity contribution >= 4 is 0 Å². The summed E-state index contributed by atoms with van der Waals surface area (Å²) in [5.74, 6) is 1.08. The van der Waals surface area contributed by atoms with Gasteiger partial charge >= 0.3 is 0 Å². The smallest absolute Gasteiger partial charge is 0.147 e. The van der Waals surface area contributed by atoms with Crippen molar-refractivity contribution in [1.82, 2.24) is 24.6 Å². The van der Waals surface area contributed by atoms with E-state index >= 15 is 0 Å². The molecule has 2 N–H and O–H groups in total. The Labute approximate surface area is 114 Å². The summed E-state index contributed by atoms with van der Waals surface area (Å²) in [5.41, 5.74) is 6.32. The Morgan fingerprint density at radius 2 is 2.05 bits per heavy atom. The summed E-state index contributed by atoms with van der Waals surface area (Å²) < 4.78 is 2.15. The molecule has 1 aromatic heterocycles. The number of nitrogens with two attached hydrogens (primary N) is 1. The van der Waals surface area contributed by atoms with Crippen molar-refractivity contribution in [2.45, 2.75) is 38.4 Å². The van der Waals surface area contributed by atoms with Crippen LogP contribution in [0.5, 0.6) is 0 Å². The Balaban J connectivity index is 1.73. The second-order valence-electron chi connectivity index (χ2n) is 5.72. The lowest BCUT2D eigenvalue weighted by Gasteiger charge is -2.49. The van der Waals surface area contributed by atoms with Gasteiger partial charge in [0.15, 0.2) is 0 Å². The average Bonchev–Trinajstić information content (AvgIpc) is 2.94. The summed E-state index contributed by atoms with van der Waals surface area (Å²) in [5, 5.41) is 8.22. The number of rotatable bonds is 3. The standard InChI is InChI=1S/C13H24N6/c1-2-17-5-3-13(10-14,4-6-17)19-8-7-18-11-15-16-12(18)9-19/h11H,2-10,14H2,1H3. The first-order valence-electron chi connectivity index (χ1n) is 7.31. The third-order valence-corrected chi connectivity index (χ3v) is 4.92. The van der Waals surface area contributed by atoms with Crippen molar-refractivity contribution in [2.75, 3.05) is 32.7 Å². The van der Waals surface area contributed by atoms with Gasteiger partial charge in [-0.1, -0.05) is 6.92 Å². The lowest BCUT2D eigenvalue weighted by atomic mass is 9.85. The van der Waals surface area contributed by atoms with E-state index in [1.165, 1.54) is 12.8 Å². The number of nitrogens with zero attached hydrogens (tertiary/aromatic N) is 5. The van der Waals surface area contributed by atoms with Crippen LogP contribution in [0.3, 0.4) is 0 Å². The van der Waals surface area contributed by atoms with Gasteiger partial charge < -0.3 is 15.2 Å². The minimum absolute atomic E-state index is 0.170. The molecule has 3 heterocycles. The van der Waals surface area contributed by atoms with Crippen LogP contribution in [0.4, 0.5) is 0 Å². The Hall–Kier alpha value is -0.980. The molecular weight excluding hydrogens is 240 g/mol. The van der Waals surface area contributed by atoms with Crippen LogP contribution in [0.25, 0.3) is 0 Å². The van der Waals surface area contributed by atoms with Crippen molar-refractivity contribution < 1.29 is 0 Å². The van der Waals surface area contributed by atoms with Crippen LogP contribution in [0.15, 0.2) is 6.33 Å². The summed E-state index contributed by atoms with van der Waals surface area (Å²) >= 11 is 0. The van der Waals surface area contributed by atoms with Gasteiger partial charge in [0.25, 0.3) is 0 Å². The zero-order valence-corrected chi connectivity index (χ0v) is 11.8. The van der Waals surface area contributed by atoms with Crippen LogP contribution in [0.1, 0.15) is 25.6 Å². The lowest BCUT2D eigenvalue weighted by molar-refractivity contribution is 0.00881. The number of likely N-dealkylation sites (tertiary alicyclic amines) is 1. The van der Waals surface area contributed by atoms with Gasteiger partial charge in [0.2, 0.25) is 0 Å². The summed E-state index contributed by atoms with van der Waals surface area (Å²) in [7, 11) is 0. The highest BCUT2D eigenvalue weighted by molar-refractivity contribution is 5.01. The molecule has 6 nitrogen and oxygen atoms in total. The fourth-order valence-electron chi connectivity index (χ4n) is 3.41. The molecule has 0 atom stereocenters. The minimum atomic E-state index is 0.170. The van der Waals surface area contributed by atoms with Gasteiger partial charge in [-0.3, -0.25) is 4.90 Å². The van der Waals surface area contributed by atoms with Crippen LogP contribution >= 0.6 is 0 Å². The van der Waals surface area contributed by atoms with Gasteiger partial charge in [0.1, 0.15) is 12.2 Å². The summed E-state index contributed by atoms with van der Waals surface area (Å²) in [6, 6.07) is 0. The van der Waals surface area contributed by atoms with Crippen molar-refractivity contribution in [1.29, 1.82) is 0 Å². The quantitative estimate of drug-likeness (QED) is 0.826. The largest absolute Gasteiger partial charge is 0.329 e. The van der Waals surface area contributed by atoms with E-state index in [0.717, 1.165) is 51.6 Å². The fourth-order valence-corrected chi connectivity index (χ4v) is 3.41. The molecule has 1 saturated heterocycles. The molecule has 2 aliphatic heterocycles. The molecule has 0 bridgehead atoms. The molecule has 0 aromatic carbocycles. The van der Waals surface area contributed by atoms with Crippen LogP contribution < -0.4 is 5.73 Å². The topological polar surface area (TPSA) is 63.2 Å². The highest BCUT2D eigenvalue weighted by Gasteiger charge is 2.40. The van der Waals surface area contributed by atoms with Gasteiger partial charge in [0, 0.05) is 25.2 Å². The third kappa shape index (κ3) is 2.28. The second kappa shape index (κ2) is 5.19. The van der Waals surface area contributed by atoms with E-state index in [1.807, 2.05) is 6.33 Å². The predicted octanol–water partition coefficient (Wildman–Crippen LogP) is -0.0931. The van der Waals surface area contributed by atoms with Gasteiger partial charge in [-0.25, -0.2) is 0 Å². The molecule has 106 valence electrons. The Morgan fingerprint density at radius 3 is 2.74 bits per heavy atom. The van der Waals surface area contributed by atoms with E-state index in [1.54, 1.807) is 0 Å². The monoisotopic (exact) mass is 264 g/mol. The molecule has 0 unspecified atom stereocenters. The maximum absolute atomic E-state index is 6.15. The second-order valence-corrected chi connectivity index (χ2v) is 5.72. The molecule has 0 amide bonds. The first-order chi connectivity index (χ1) is 9.27. The lowest BCUT2D eigenvalue weighted by Crippen LogP contribution is -2.60. The molecule has 0 saturated carbocycles. The van der Waals surface area contributed by atoms with Gasteiger partial charge in [-0.2, -0.15) is 0 Å². The molecule has 3 rings (SSSR count). The van der Waals surface area contributed by atoms with Crippen LogP contribution in [0, 0.1) is 0 Å². The molecule has 0 radical (unpaired) electrons. The number of hydrogen-bond acceptors (Lipinski definition) is 5. The maximum atomic E-state index is 6.15. The molecule has 19 heavy (non-hydrogen) atoms. The van der Waals surface area contributed by atoms with Gasteiger partial charge in [-0.15, -0.1) is 10.2 Å². The number of aromatic nitrogens is 3. The number of piperidine rings is 1. The average molecular weight is 264 g/mol. The predicted molar refractivity (Wildman–Crippen MR) is 73.6 cm³/mol. The van der Waals surface area contributed by atoms with E-state index in [9.17, 15) is 0 Å². The number of hydrogen-bond donors (Lipinski definition) is 1. The summed E-state index contributed by atoms with van der Waals surface area (Å²) in [6.45, 7) is 9.40. The fraction of sp³-hybridized carbons (Fsp3) is 0.846. The van der Waals surface area contributed by atoms with Crippen LogP contribution in [-0.2, 0) is 13.1 Å². The summed E-state index contributed by atoms with van der Waals surface area (Å²) in [6.07, 6.45) is 4.18. The van der Waals surface area contributed by atoms with E-state index in [2.05, 4.69) is 31.5 Å². The van der Waals surface area contributed by atoms with Crippen LogP contribution in [-0.4, -0.2) is 62.8 Å². The van der Waals surface area contributed by atoms with E-state index < -0.39 is 0 Å². The molecule has 6 heteroatoms. The Kier molecular flexibility index (Phi) is 3.56. The van der Waals surface area contributed by atoms with E-state index in [0.29, 0.717) is 0 Å². The van der Waals surface area contributed by atoms with E-state index in [4.69, 9.17) is 5.73 Å². The zero-order chi connectivity index (χ0) is 13.3. The third-order valence-electron chi connectivity index (χ3n) is 4.92. The summed E-state index contributed by atoms with van der Waals surface area (Å²) in [4.78, 5) is 5.06. The van der Waals surface area contributed by atoms with Crippen molar-refractivity contribution in [2.24, 2.45) is 5.73 Å². The van der Waals surface area contributed by atoms with Crippen molar-refractivity contribution in [3.05, 3.63) is 12.2 Å². The highest BCUT2D eigenvalue weighted by Crippen LogP contribution is 2.30. The Morgan fingerprint density at radius 1 is 1.26 bits per heavy atom. The van der Waals surface area contributed by atoms with Crippen molar-refractivity contribution in [3.8, 4) is 0 Å². The van der Waals surface area contributed by atoms with Crippen LogP contribution in [0.2, 0.25) is 0 Å². The van der Waals surface area contributed by atoms with Gasteiger partial charge in [-0.05, 0) is 32.5 Å². The molecule has 1 fully saturated rings.